The number of amidine groups is 2. The number of rotatable bonds is 11. The minimum atomic E-state index is -5.77. The Labute approximate surface area is 441 Å². The molecule has 0 spiro atoms. The van der Waals surface area contributed by atoms with E-state index in [1.165, 1.54) is 33.4 Å². The number of hydrogen-bond donors (Lipinski definition) is 3. The van der Waals surface area contributed by atoms with E-state index in [4.69, 9.17) is 15.6 Å². The fraction of sp³-hybridized carbons (Fsp3) is 0.476. The lowest BCUT2D eigenvalue weighted by molar-refractivity contribution is -0.0482. The van der Waals surface area contributed by atoms with Crippen molar-refractivity contribution in [3.8, 4) is 0 Å². The second-order valence-electron chi connectivity index (χ2n) is 16.6. The summed E-state index contributed by atoms with van der Waals surface area (Å²) in [6, 6.07) is 5.98. The van der Waals surface area contributed by atoms with Crippen molar-refractivity contribution in [1.82, 2.24) is 33.0 Å². The molecule has 4 N–H and O–H groups in total. The molecule has 2 aromatic carbocycles. The first-order valence-electron chi connectivity index (χ1n) is 22.6. The number of hydrogen-bond acceptors (Lipinski definition) is 15. The van der Waals surface area contributed by atoms with Crippen LogP contribution in [0.1, 0.15) is 93.7 Å². The van der Waals surface area contributed by atoms with Crippen molar-refractivity contribution in [2.75, 3.05) is 50.4 Å². The van der Waals surface area contributed by atoms with Gasteiger partial charge >= 0.3 is 49.1 Å². The highest BCUT2D eigenvalue weighted by molar-refractivity contribution is 7.90. The Morgan fingerprint density at radius 2 is 1.08 bits per heavy atom. The number of nitrogens with two attached hydrogens (primary N) is 1. The van der Waals surface area contributed by atoms with E-state index in [9.17, 15) is 79.1 Å². The fourth-order valence-electron chi connectivity index (χ4n) is 8.10. The first-order chi connectivity index (χ1) is 36.1. The van der Waals surface area contributed by atoms with Crippen molar-refractivity contribution in [3.63, 3.8) is 0 Å². The monoisotopic (exact) mass is 1190 g/mol. The number of ether oxygens (including phenoxy) is 2. The zero-order valence-corrected chi connectivity index (χ0v) is 43.0. The van der Waals surface area contributed by atoms with Gasteiger partial charge in [0.15, 0.2) is 5.69 Å². The van der Waals surface area contributed by atoms with Gasteiger partial charge < -0.3 is 34.8 Å². The number of nitrogens with one attached hydrogen (secondary N) is 1. The van der Waals surface area contributed by atoms with Crippen LogP contribution < -0.4 is 21.1 Å². The van der Waals surface area contributed by atoms with Crippen molar-refractivity contribution < 1.29 is 93.7 Å². The van der Waals surface area contributed by atoms with Gasteiger partial charge in [0.25, 0.3) is 18.8 Å². The molecule has 0 atom stereocenters. The van der Waals surface area contributed by atoms with E-state index in [2.05, 4.69) is 30.2 Å². The first kappa shape index (κ1) is 62.1. The first-order valence-corrected chi connectivity index (χ1v) is 25.5. The third kappa shape index (κ3) is 13.2. The standard InChI is InChI=1S/C21H22F6N6O4S.C12H14F4N4O3S.C9H10F2N2O2.ClH/c1-37-20-30-32(8-9-33(20)38(35,36)21(25,26)27)14-6-5-12(10-13(14)22)11-28-19(34)17-16(18(23)24)29-15-4-2-3-7-31(15)17;1-23-11-18-19(10-3-2-8(7-17)6-9(10)13)4-5-20(11)24(21,22)12(14,15)16;10-8(11)6-7(9(14)15)13-4-2-1-3-5(13)12-6;/h5-6,10,18H,2-4,7-9,11H2,1H3,(H,28,34);2-3,6H,4-5,7,17H2,1H3;8H,1-4H2,(H,14,15);1H. The predicted octanol–water partition coefficient (Wildman–Crippen LogP) is 6.57. The van der Waals surface area contributed by atoms with Crippen molar-refractivity contribution >= 4 is 67.7 Å². The number of hydrazone groups is 2. The molecule has 4 aliphatic heterocycles. The Morgan fingerprint density at radius 1 is 0.667 bits per heavy atom. The lowest BCUT2D eigenvalue weighted by Crippen LogP contribution is -2.51. The number of anilines is 2. The summed E-state index contributed by atoms with van der Waals surface area (Å²) in [5, 5.41) is 20.6. The summed E-state index contributed by atoms with van der Waals surface area (Å²) in [6.45, 7) is -1.29. The number of aromatic carboxylic acids is 1. The van der Waals surface area contributed by atoms with Gasteiger partial charge in [-0.05, 0) is 61.1 Å². The maximum Gasteiger partial charge on any atom is 0.516 e. The minimum absolute atomic E-state index is 0. The van der Waals surface area contributed by atoms with E-state index >= 15 is 0 Å². The molecule has 8 rings (SSSR count). The van der Waals surface area contributed by atoms with Gasteiger partial charge in [0.1, 0.15) is 40.4 Å². The van der Waals surface area contributed by atoms with Gasteiger partial charge in [-0.25, -0.2) is 49.7 Å². The van der Waals surface area contributed by atoms with Gasteiger partial charge in [0, 0.05) is 39.0 Å². The second-order valence-corrected chi connectivity index (χ2v) is 20.3. The molecule has 4 aliphatic rings. The van der Waals surface area contributed by atoms with Gasteiger partial charge in [0.05, 0.1) is 51.8 Å². The van der Waals surface area contributed by atoms with E-state index in [0.717, 1.165) is 55.6 Å². The summed E-state index contributed by atoms with van der Waals surface area (Å²) in [6.07, 6.45) is -1.55. The molecule has 4 aromatic rings. The van der Waals surface area contributed by atoms with Crippen molar-refractivity contribution in [2.45, 2.75) is 88.6 Å². The molecule has 21 nitrogen and oxygen atoms in total. The number of carbonyl (C=O) groups excluding carboxylic acids is 1. The Hall–Kier alpha value is -6.75. The van der Waals surface area contributed by atoms with Crippen LogP contribution in [0.15, 0.2) is 46.6 Å². The molecular formula is C42H47ClF12N12O9S2. The summed E-state index contributed by atoms with van der Waals surface area (Å²) < 4.78 is 216. The van der Waals surface area contributed by atoms with Crippen LogP contribution in [0.2, 0.25) is 0 Å². The van der Waals surface area contributed by atoms with Crippen LogP contribution in [-0.4, -0.2) is 125 Å². The van der Waals surface area contributed by atoms with E-state index < -0.39 is 110 Å². The number of benzene rings is 2. The van der Waals surface area contributed by atoms with Crippen LogP contribution in [-0.2, 0) is 68.5 Å². The lowest BCUT2D eigenvalue weighted by Gasteiger charge is -2.32. The molecule has 432 valence electrons. The molecular weight excluding hydrogens is 1140 g/mol. The van der Waals surface area contributed by atoms with Crippen molar-refractivity contribution in [3.05, 3.63) is 93.6 Å². The average molecular weight is 1190 g/mol. The van der Waals surface area contributed by atoms with Crippen LogP contribution in [0.4, 0.5) is 64.1 Å². The summed E-state index contributed by atoms with van der Waals surface area (Å²) in [5.74, 6) is -2.81. The third-order valence-corrected chi connectivity index (χ3v) is 14.7. The number of carbonyl (C=O) groups is 2. The quantitative estimate of drug-likeness (QED) is 0.135. The molecule has 2 aromatic heterocycles. The molecule has 36 heteroatoms. The predicted molar refractivity (Wildman–Crippen MR) is 253 cm³/mol. The fourth-order valence-corrected chi connectivity index (χ4v) is 9.88. The Morgan fingerprint density at radius 3 is 1.46 bits per heavy atom. The molecule has 6 heterocycles. The van der Waals surface area contributed by atoms with E-state index in [0.29, 0.717) is 49.6 Å². The van der Waals surface area contributed by atoms with Crippen LogP contribution in [0, 0.1) is 11.6 Å². The van der Waals surface area contributed by atoms with Gasteiger partial charge in [0.2, 0.25) is 0 Å². The third-order valence-electron chi connectivity index (χ3n) is 11.7. The molecule has 0 radical (unpaired) electrons. The SMILES string of the molecule is COC1=NN(c2ccc(CN)cc2F)CCN1S(=O)(=O)C(F)(F)F.COC1=NN(c2ccc(CNC(=O)c3c(C(F)F)nc4n3CCCC4)cc2F)CCN1S(=O)(=O)C(F)(F)F.Cl.O=C(O)c1c(C(F)F)nc2n1CCCC2. The minimum Gasteiger partial charge on any atom is -0.477 e. The molecule has 0 bridgehead atoms. The summed E-state index contributed by atoms with van der Waals surface area (Å²) in [7, 11) is -9.53. The highest BCUT2D eigenvalue weighted by atomic mass is 35.5. The van der Waals surface area contributed by atoms with Crippen LogP contribution >= 0.6 is 12.4 Å². The van der Waals surface area contributed by atoms with Gasteiger partial charge in [-0.1, -0.05) is 12.1 Å². The van der Waals surface area contributed by atoms with Crippen LogP contribution in [0.25, 0.3) is 0 Å². The number of aryl methyl sites for hydroxylation is 2. The zero-order chi connectivity index (χ0) is 56.9. The average Bonchev–Trinajstić information content (AvgIpc) is 4.00. The van der Waals surface area contributed by atoms with Crippen LogP contribution in [0.5, 0.6) is 0 Å². The number of sulfonamides is 2. The Kier molecular flexibility index (Phi) is 19.8. The Balaban J connectivity index is 0.000000238. The van der Waals surface area contributed by atoms with E-state index in [-0.39, 0.29) is 69.0 Å². The Bertz CT molecular complexity index is 3130. The number of aromatic nitrogens is 4. The van der Waals surface area contributed by atoms with Crippen molar-refractivity contribution in [2.24, 2.45) is 15.9 Å². The number of amides is 1. The summed E-state index contributed by atoms with van der Waals surface area (Å²) in [4.78, 5) is 31.2. The summed E-state index contributed by atoms with van der Waals surface area (Å²) >= 11 is 0. The summed E-state index contributed by atoms with van der Waals surface area (Å²) in [5.41, 5.74) is -6.94. The van der Waals surface area contributed by atoms with Gasteiger partial charge in [-0.15, -0.1) is 22.6 Å². The number of carboxylic acid groups (broad SMARTS) is 1. The molecule has 78 heavy (non-hydrogen) atoms. The maximum absolute atomic E-state index is 14.9. The number of alkyl halides is 10. The normalized spacial score (nSPS) is 15.9. The molecule has 0 saturated carbocycles. The number of nitrogens with zero attached hydrogens (tertiary/aromatic N) is 10. The molecule has 0 aliphatic carbocycles. The zero-order valence-electron chi connectivity index (χ0n) is 40.5. The highest BCUT2D eigenvalue weighted by Crippen LogP contribution is 2.33. The molecule has 0 fully saturated rings. The van der Waals surface area contributed by atoms with Gasteiger partial charge in [-0.2, -0.15) is 43.2 Å². The van der Waals surface area contributed by atoms with Gasteiger partial charge in [-0.3, -0.25) is 14.8 Å². The number of fused-ring (bicyclic) bond motifs is 2. The van der Waals surface area contributed by atoms with Crippen molar-refractivity contribution in [1.29, 1.82) is 0 Å². The lowest BCUT2D eigenvalue weighted by atomic mass is 10.1. The highest BCUT2D eigenvalue weighted by Gasteiger charge is 2.54. The number of carboxylic acids is 1. The molecule has 0 saturated heterocycles. The van der Waals surface area contributed by atoms with E-state index in [1.807, 2.05) is 0 Å². The smallest absolute Gasteiger partial charge is 0.477 e. The maximum atomic E-state index is 14.9. The number of halogens is 13. The van der Waals surface area contributed by atoms with E-state index in [1.54, 1.807) is 0 Å². The number of methoxy groups -OCH3 is 2. The second kappa shape index (κ2) is 24.9. The topological polar surface area (TPSA) is 252 Å². The number of imidazole rings is 2. The largest absolute Gasteiger partial charge is 0.516 e. The molecule has 0 unspecified atom stereocenters. The molecule has 1 amide bonds. The van der Waals surface area contributed by atoms with Crippen LogP contribution in [0.3, 0.4) is 0 Å².